The van der Waals surface area contributed by atoms with Crippen LogP contribution in [0.15, 0.2) is 0 Å². The van der Waals surface area contributed by atoms with Gasteiger partial charge in [0.2, 0.25) is 10.0 Å². The third-order valence-corrected chi connectivity index (χ3v) is 4.65. The lowest BCUT2D eigenvalue weighted by Crippen LogP contribution is -2.39. The standard InChI is InChI=1S/C11H21NO4S/c1-9(11(13)14)5-6-10-4-3-7-12(8-10)17(2,15)16/h9-10H,3-8H2,1-2H3,(H,13,14). The maximum Gasteiger partial charge on any atom is 0.306 e. The fraction of sp³-hybridized carbons (Fsp3) is 0.909. The van der Waals surface area contributed by atoms with Gasteiger partial charge in [0.1, 0.15) is 0 Å². The molecule has 2 atom stereocenters. The second-order valence-electron chi connectivity index (χ2n) is 4.95. The van der Waals surface area contributed by atoms with Crippen molar-refractivity contribution in [3.05, 3.63) is 0 Å². The smallest absolute Gasteiger partial charge is 0.306 e. The van der Waals surface area contributed by atoms with Crippen molar-refractivity contribution in [1.29, 1.82) is 0 Å². The number of hydrogen-bond acceptors (Lipinski definition) is 3. The molecular weight excluding hydrogens is 242 g/mol. The van der Waals surface area contributed by atoms with Gasteiger partial charge in [0.15, 0.2) is 0 Å². The summed E-state index contributed by atoms with van der Waals surface area (Å²) in [6.45, 7) is 2.84. The van der Waals surface area contributed by atoms with Crippen molar-refractivity contribution >= 4 is 16.0 Å². The molecule has 0 aromatic heterocycles. The van der Waals surface area contributed by atoms with Crippen molar-refractivity contribution in [2.24, 2.45) is 11.8 Å². The number of sulfonamides is 1. The van der Waals surface area contributed by atoms with Crippen LogP contribution < -0.4 is 0 Å². The molecule has 5 nitrogen and oxygen atoms in total. The molecule has 0 aromatic carbocycles. The Labute approximate surface area is 103 Å². The van der Waals surface area contributed by atoms with Crippen molar-refractivity contribution in [2.45, 2.75) is 32.6 Å². The highest BCUT2D eigenvalue weighted by molar-refractivity contribution is 7.88. The van der Waals surface area contributed by atoms with E-state index in [0.29, 0.717) is 25.4 Å². The summed E-state index contributed by atoms with van der Waals surface area (Å²) >= 11 is 0. The van der Waals surface area contributed by atoms with Gasteiger partial charge in [0.25, 0.3) is 0 Å². The van der Waals surface area contributed by atoms with Crippen LogP contribution in [0.25, 0.3) is 0 Å². The molecule has 1 N–H and O–H groups in total. The number of piperidine rings is 1. The highest BCUT2D eigenvalue weighted by Gasteiger charge is 2.26. The fourth-order valence-corrected chi connectivity index (χ4v) is 3.12. The first-order valence-corrected chi connectivity index (χ1v) is 7.83. The lowest BCUT2D eigenvalue weighted by atomic mass is 9.91. The van der Waals surface area contributed by atoms with Gasteiger partial charge in [0, 0.05) is 13.1 Å². The van der Waals surface area contributed by atoms with Gasteiger partial charge in [-0.25, -0.2) is 12.7 Å². The largest absolute Gasteiger partial charge is 0.481 e. The Bertz CT molecular complexity index is 366. The maximum atomic E-state index is 11.4. The second kappa shape index (κ2) is 5.82. The van der Waals surface area contributed by atoms with E-state index in [9.17, 15) is 13.2 Å². The van der Waals surface area contributed by atoms with Crippen LogP contribution >= 0.6 is 0 Å². The maximum absolute atomic E-state index is 11.4. The van der Waals surface area contributed by atoms with E-state index < -0.39 is 16.0 Å². The number of rotatable bonds is 5. The van der Waals surface area contributed by atoms with E-state index in [1.807, 2.05) is 0 Å². The minimum atomic E-state index is -3.10. The fourth-order valence-electron chi connectivity index (χ4n) is 2.17. The molecule has 1 aliphatic heterocycles. The molecule has 2 unspecified atom stereocenters. The Morgan fingerprint density at radius 3 is 2.71 bits per heavy atom. The minimum Gasteiger partial charge on any atom is -0.481 e. The van der Waals surface area contributed by atoms with Crippen LogP contribution in [0.2, 0.25) is 0 Å². The number of carboxylic acids is 1. The zero-order valence-electron chi connectivity index (χ0n) is 10.4. The van der Waals surface area contributed by atoms with E-state index in [-0.39, 0.29) is 5.92 Å². The highest BCUT2D eigenvalue weighted by atomic mass is 32.2. The molecule has 0 aromatic rings. The minimum absolute atomic E-state index is 0.306. The van der Waals surface area contributed by atoms with Crippen LogP contribution in [-0.2, 0) is 14.8 Å². The molecule has 1 aliphatic rings. The van der Waals surface area contributed by atoms with Crippen LogP contribution in [0, 0.1) is 11.8 Å². The predicted octanol–water partition coefficient (Wildman–Crippen LogP) is 1.16. The number of hydrogen-bond donors (Lipinski definition) is 1. The molecule has 0 spiro atoms. The van der Waals surface area contributed by atoms with Crippen LogP contribution in [0.5, 0.6) is 0 Å². The van der Waals surface area contributed by atoms with E-state index in [1.165, 1.54) is 10.6 Å². The van der Waals surface area contributed by atoms with Crippen LogP contribution in [-0.4, -0.2) is 43.1 Å². The summed E-state index contributed by atoms with van der Waals surface area (Å²) in [5.41, 5.74) is 0. The van der Waals surface area contributed by atoms with Gasteiger partial charge in [-0.05, 0) is 31.6 Å². The topological polar surface area (TPSA) is 74.7 Å². The first kappa shape index (κ1) is 14.4. The van der Waals surface area contributed by atoms with E-state index in [1.54, 1.807) is 6.92 Å². The molecule has 1 fully saturated rings. The summed E-state index contributed by atoms with van der Waals surface area (Å²) < 4.78 is 24.3. The summed E-state index contributed by atoms with van der Waals surface area (Å²) in [6.07, 6.45) is 4.52. The van der Waals surface area contributed by atoms with Crippen molar-refractivity contribution in [3.8, 4) is 0 Å². The Hall–Kier alpha value is -0.620. The SMILES string of the molecule is CC(CCC1CCCN(S(C)(=O)=O)C1)C(=O)O. The molecule has 1 saturated heterocycles. The first-order chi connectivity index (χ1) is 7.80. The number of carbonyl (C=O) groups is 1. The van der Waals surface area contributed by atoms with Gasteiger partial charge >= 0.3 is 5.97 Å². The monoisotopic (exact) mass is 263 g/mol. The van der Waals surface area contributed by atoms with Crippen LogP contribution in [0.4, 0.5) is 0 Å². The normalized spacial score (nSPS) is 24.5. The molecule has 100 valence electrons. The Morgan fingerprint density at radius 1 is 1.53 bits per heavy atom. The quantitative estimate of drug-likeness (QED) is 0.807. The number of carboxylic acid groups (broad SMARTS) is 1. The van der Waals surface area contributed by atoms with E-state index in [4.69, 9.17) is 5.11 Å². The molecule has 1 heterocycles. The molecule has 1 rings (SSSR count). The average molecular weight is 263 g/mol. The highest BCUT2D eigenvalue weighted by Crippen LogP contribution is 2.24. The summed E-state index contributed by atoms with van der Waals surface area (Å²) in [5, 5.41) is 8.79. The summed E-state index contributed by atoms with van der Waals surface area (Å²) in [4.78, 5) is 10.7. The van der Waals surface area contributed by atoms with Gasteiger partial charge in [-0.2, -0.15) is 0 Å². The van der Waals surface area contributed by atoms with Crippen LogP contribution in [0.3, 0.4) is 0 Å². The van der Waals surface area contributed by atoms with Gasteiger partial charge in [0.05, 0.1) is 12.2 Å². The van der Waals surface area contributed by atoms with Gasteiger partial charge in [-0.15, -0.1) is 0 Å². The van der Waals surface area contributed by atoms with Gasteiger partial charge in [-0.3, -0.25) is 4.79 Å². The molecule has 0 amide bonds. The van der Waals surface area contributed by atoms with Crippen molar-refractivity contribution in [3.63, 3.8) is 0 Å². The Kier molecular flexibility index (Phi) is 4.94. The summed E-state index contributed by atoms with van der Waals surface area (Å²) in [5.74, 6) is -0.815. The first-order valence-electron chi connectivity index (χ1n) is 5.98. The molecule has 6 heteroatoms. The Balaban J connectivity index is 2.43. The number of nitrogens with zero attached hydrogens (tertiary/aromatic N) is 1. The van der Waals surface area contributed by atoms with Crippen molar-refractivity contribution < 1.29 is 18.3 Å². The zero-order chi connectivity index (χ0) is 13.1. The molecule has 0 saturated carbocycles. The molecule has 0 bridgehead atoms. The lowest BCUT2D eigenvalue weighted by molar-refractivity contribution is -0.141. The summed E-state index contributed by atoms with van der Waals surface area (Å²) in [6, 6.07) is 0. The predicted molar refractivity (Wildman–Crippen MR) is 65.2 cm³/mol. The molecule has 0 radical (unpaired) electrons. The third kappa shape index (κ3) is 4.63. The van der Waals surface area contributed by atoms with Gasteiger partial charge in [-0.1, -0.05) is 6.92 Å². The van der Waals surface area contributed by atoms with Crippen molar-refractivity contribution in [1.82, 2.24) is 4.31 Å². The van der Waals surface area contributed by atoms with E-state index >= 15 is 0 Å². The number of aliphatic carboxylic acids is 1. The average Bonchev–Trinajstić information content (AvgIpc) is 2.25. The van der Waals surface area contributed by atoms with Crippen molar-refractivity contribution in [2.75, 3.05) is 19.3 Å². The third-order valence-electron chi connectivity index (χ3n) is 3.38. The van der Waals surface area contributed by atoms with Gasteiger partial charge < -0.3 is 5.11 Å². The summed E-state index contributed by atoms with van der Waals surface area (Å²) in [7, 11) is -3.10. The lowest BCUT2D eigenvalue weighted by Gasteiger charge is -2.31. The zero-order valence-corrected chi connectivity index (χ0v) is 11.2. The van der Waals surface area contributed by atoms with E-state index in [0.717, 1.165) is 19.3 Å². The second-order valence-corrected chi connectivity index (χ2v) is 6.93. The van der Waals surface area contributed by atoms with E-state index in [2.05, 4.69) is 0 Å². The molecule has 0 aliphatic carbocycles. The molecule has 17 heavy (non-hydrogen) atoms. The van der Waals surface area contributed by atoms with Crippen LogP contribution in [0.1, 0.15) is 32.6 Å². The Morgan fingerprint density at radius 2 is 2.18 bits per heavy atom. The molecular formula is C11H21NO4S.